The number of rotatable bonds is 6. The number of carboxylic acids is 1. The van der Waals surface area contributed by atoms with Crippen molar-refractivity contribution in [2.24, 2.45) is 5.34 Å². The molecule has 6 heteroatoms. The van der Waals surface area contributed by atoms with Gasteiger partial charge in [-0.3, -0.25) is 0 Å². The van der Waals surface area contributed by atoms with Gasteiger partial charge in [0.25, 0.3) is 0 Å². The van der Waals surface area contributed by atoms with Crippen LogP contribution in [-0.2, 0) is 9.63 Å². The summed E-state index contributed by atoms with van der Waals surface area (Å²) in [5, 5.41) is 12.5. The van der Waals surface area contributed by atoms with Gasteiger partial charge < -0.3 is 19.2 Å². The standard InChI is InChI=1S/C7H14N2O4/c1-9(2,3)5-6(13-8-12)4-7(10)11/h6H,4-5H2,1-3H3. The smallest absolute Gasteiger partial charge is 0.184 e. The van der Waals surface area contributed by atoms with Crippen molar-refractivity contribution < 1.29 is 19.2 Å². The Hall–Kier alpha value is -1.17. The van der Waals surface area contributed by atoms with Crippen molar-refractivity contribution in [3.63, 3.8) is 0 Å². The average Bonchev–Trinajstić information content (AvgIpc) is 1.81. The molecule has 1 unspecified atom stereocenters. The molecule has 0 aliphatic carbocycles. The maximum Gasteiger partial charge on any atom is 0.184 e. The zero-order valence-corrected chi connectivity index (χ0v) is 8.02. The van der Waals surface area contributed by atoms with Crippen LogP contribution in [0.2, 0.25) is 0 Å². The van der Waals surface area contributed by atoms with Crippen LogP contribution in [0.3, 0.4) is 0 Å². The molecule has 0 rings (SSSR count). The van der Waals surface area contributed by atoms with Crippen molar-refractivity contribution in [3.05, 3.63) is 4.91 Å². The van der Waals surface area contributed by atoms with Crippen molar-refractivity contribution in [2.45, 2.75) is 12.5 Å². The molecule has 0 amide bonds. The molecule has 76 valence electrons. The molecule has 0 aliphatic heterocycles. The molecule has 0 spiro atoms. The number of quaternary nitrogens is 1. The first-order valence-corrected chi connectivity index (χ1v) is 3.84. The molecule has 0 aromatic carbocycles. The van der Waals surface area contributed by atoms with Crippen molar-refractivity contribution in [2.75, 3.05) is 27.7 Å². The van der Waals surface area contributed by atoms with Crippen molar-refractivity contribution in [3.8, 4) is 0 Å². The second-order valence-corrected chi connectivity index (χ2v) is 3.85. The lowest BCUT2D eigenvalue weighted by Gasteiger charge is -2.27. The lowest BCUT2D eigenvalue weighted by atomic mass is 10.2. The highest BCUT2D eigenvalue weighted by Gasteiger charge is 2.20. The van der Waals surface area contributed by atoms with Gasteiger partial charge in [-0.15, -0.1) is 4.91 Å². The molecule has 0 aliphatic rings. The van der Waals surface area contributed by atoms with E-state index in [1.807, 2.05) is 21.1 Å². The summed E-state index contributed by atoms with van der Waals surface area (Å²) in [6, 6.07) is 0. The Labute approximate surface area is 76.6 Å². The second-order valence-electron chi connectivity index (χ2n) is 3.85. The van der Waals surface area contributed by atoms with Crippen molar-refractivity contribution in [1.82, 2.24) is 0 Å². The van der Waals surface area contributed by atoms with E-state index in [-0.39, 0.29) is 6.42 Å². The number of carbonyl (C=O) groups is 1. The molecular formula is C7H14N2O4. The summed E-state index contributed by atoms with van der Waals surface area (Å²) < 4.78 is 0.494. The fourth-order valence-electron chi connectivity index (χ4n) is 0.993. The number of hydrogen-bond donors (Lipinski definition) is 0. The zero-order valence-electron chi connectivity index (χ0n) is 8.02. The predicted octanol–water partition coefficient (Wildman–Crippen LogP) is -1.10. The Balaban J connectivity index is 4.09. The van der Waals surface area contributed by atoms with E-state index in [1.54, 1.807) is 0 Å². The molecule has 0 aromatic heterocycles. The van der Waals surface area contributed by atoms with E-state index in [4.69, 9.17) is 0 Å². The normalized spacial score (nSPS) is 13.5. The van der Waals surface area contributed by atoms with Crippen LogP contribution < -0.4 is 5.11 Å². The summed E-state index contributed by atoms with van der Waals surface area (Å²) in [6.07, 6.45) is -1.04. The van der Waals surface area contributed by atoms with Crippen molar-refractivity contribution >= 4 is 5.97 Å². The average molecular weight is 190 g/mol. The van der Waals surface area contributed by atoms with Crippen LogP contribution in [0.4, 0.5) is 0 Å². The van der Waals surface area contributed by atoms with Gasteiger partial charge in [0.15, 0.2) is 11.4 Å². The molecule has 0 N–H and O–H groups in total. The predicted molar refractivity (Wildman–Crippen MR) is 43.2 cm³/mol. The summed E-state index contributed by atoms with van der Waals surface area (Å²) in [4.78, 5) is 24.4. The molecular weight excluding hydrogens is 176 g/mol. The highest BCUT2D eigenvalue weighted by molar-refractivity contribution is 5.64. The van der Waals surface area contributed by atoms with Crippen LogP contribution >= 0.6 is 0 Å². The topological polar surface area (TPSA) is 78.8 Å². The largest absolute Gasteiger partial charge is 0.550 e. The molecule has 0 heterocycles. The van der Waals surface area contributed by atoms with Crippen LogP contribution in [0, 0.1) is 4.91 Å². The van der Waals surface area contributed by atoms with Gasteiger partial charge in [0.05, 0.1) is 21.1 Å². The van der Waals surface area contributed by atoms with Gasteiger partial charge in [-0.2, -0.15) is 0 Å². The fraction of sp³-hybridized carbons (Fsp3) is 0.857. The minimum atomic E-state index is -1.25. The minimum absolute atomic E-state index is 0.318. The quantitative estimate of drug-likeness (QED) is 0.302. The van der Waals surface area contributed by atoms with E-state index >= 15 is 0 Å². The first-order valence-electron chi connectivity index (χ1n) is 3.84. The summed E-state index contributed by atoms with van der Waals surface area (Å²) in [5.74, 6) is -1.25. The van der Waals surface area contributed by atoms with E-state index in [1.165, 1.54) is 0 Å². The lowest BCUT2D eigenvalue weighted by Crippen LogP contribution is -2.44. The molecule has 6 nitrogen and oxygen atoms in total. The summed E-state index contributed by atoms with van der Waals surface area (Å²) in [7, 11) is 5.57. The van der Waals surface area contributed by atoms with Gasteiger partial charge in [-0.1, -0.05) is 0 Å². The minimum Gasteiger partial charge on any atom is -0.550 e. The summed E-state index contributed by atoms with van der Waals surface area (Å²) in [6.45, 7) is 0.389. The number of nitrogens with zero attached hydrogens (tertiary/aromatic N) is 2. The molecule has 13 heavy (non-hydrogen) atoms. The first kappa shape index (κ1) is 11.8. The number of carboxylic acid groups (broad SMARTS) is 1. The first-order chi connectivity index (χ1) is 5.85. The van der Waals surface area contributed by atoms with Crippen LogP contribution in [0.25, 0.3) is 0 Å². The van der Waals surface area contributed by atoms with E-state index in [9.17, 15) is 14.8 Å². The third-order valence-corrected chi connectivity index (χ3v) is 1.34. The Morgan fingerprint density at radius 3 is 2.38 bits per heavy atom. The van der Waals surface area contributed by atoms with Gasteiger partial charge in [0.1, 0.15) is 6.54 Å². The van der Waals surface area contributed by atoms with E-state index in [2.05, 4.69) is 10.2 Å². The fourth-order valence-corrected chi connectivity index (χ4v) is 0.993. The highest BCUT2D eigenvalue weighted by atomic mass is 16.7. The van der Waals surface area contributed by atoms with Crippen LogP contribution in [0.1, 0.15) is 6.42 Å². The van der Waals surface area contributed by atoms with Crippen LogP contribution in [-0.4, -0.2) is 44.2 Å². The maximum atomic E-state index is 10.2. The maximum absolute atomic E-state index is 10.2. The SMILES string of the molecule is C[N+](C)(C)CC(CC(=O)[O-])ON=O. The molecule has 0 saturated carbocycles. The Morgan fingerprint density at radius 1 is 1.54 bits per heavy atom. The van der Waals surface area contributed by atoms with Crippen LogP contribution in [0.15, 0.2) is 5.34 Å². The zero-order chi connectivity index (χ0) is 10.5. The van der Waals surface area contributed by atoms with Crippen molar-refractivity contribution in [1.29, 1.82) is 0 Å². The summed E-state index contributed by atoms with van der Waals surface area (Å²) in [5.41, 5.74) is 0. The Bertz CT molecular complexity index is 187. The van der Waals surface area contributed by atoms with Gasteiger partial charge in [-0.05, 0) is 0 Å². The third-order valence-electron chi connectivity index (χ3n) is 1.34. The Morgan fingerprint density at radius 2 is 2.08 bits per heavy atom. The molecule has 0 radical (unpaired) electrons. The number of aliphatic carboxylic acids is 1. The molecule has 0 bridgehead atoms. The van der Waals surface area contributed by atoms with Gasteiger partial charge in [0, 0.05) is 12.4 Å². The molecule has 1 atom stereocenters. The number of likely N-dealkylation sites (N-methyl/N-ethyl adjacent to an activating group) is 1. The Kier molecular flexibility index (Phi) is 4.33. The number of carbonyl (C=O) groups excluding carboxylic acids is 1. The van der Waals surface area contributed by atoms with Gasteiger partial charge >= 0.3 is 0 Å². The van der Waals surface area contributed by atoms with E-state index in [0.717, 1.165) is 0 Å². The molecule has 0 aromatic rings. The van der Waals surface area contributed by atoms with Gasteiger partial charge in [-0.25, -0.2) is 0 Å². The molecule has 0 fully saturated rings. The van der Waals surface area contributed by atoms with Crippen LogP contribution in [0.5, 0.6) is 0 Å². The van der Waals surface area contributed by atoms with E-state index in [0.29, 0.717) is 11.0 Å². The third kappa shape index (κ3) is 7.20. The number of hydrogen-bond acceptors (Lipinski definition) is 5. The monoisotopic (exact) mass is 190 g/mol. The summed E-state index contributed by atoms with van der Waals surface area (Å²) >= 11 is 0. The van der Waals surface area contributed by atoms with Gasteiger partial charge in [0.2, 0.25) is 0 Å². The van der Waals surface area contributed by atoms with E-state index < -0.39 is 12.1 Å². The second kappa shape index (κ2) is 4.76. The highest BCUT2D eigenvalue weighted by Crippen LogP contribution is 2.04. The molecule has 0 saturated heterocycles. The lowest BCUT2D eigenvalue weighted by molar-refractivity contribution is -0.873.